The van der Waals surface area contributed by atoms with Gasteiger partial charge in [0, 0.05) is 63.8 Å². The molecular weight excluding hydrogens is 812 g/mol. The first-order valence-corrected chi connectivity index (χ1v) is 21.7. The molecule has 0 radical (unpaired) electrons. The van der Waals surface area contributed by atoms with Crippen LogP contribution in [0.15, 0.2) is 73.3 Å². The van der Waals surface area contributed by atoms with E-state index in [2.05, 4.69) is 58.7 Å². The van der Waals surface area contributed by atoms with E-state index in [1.54, 1.807) is 22.2 Å². The standard InChI is InChI=1S/C44H53ClN12O5/c45-41-43(47)52-42(46)40(51-41)44(60)50-33-6-3-25-57(28-33,23-1-4-31-7-11-34(12-8-31)61-29-38(58)55-21-19-53-17-15-48-36(53)26-55)24-2-5-32-9-13-35(14-10-32)62-30-39(59)56-22-20-54-18-16-49-37(54)27-56/h7-18,33H,1-6,19-30H2,(H4-,46,47,50,52,60)/p+1/t33-/m0/s1. The van der Waals surface area contributed by atoms with Gasteiger partial charge in [0.25, 0.3) is 17.7 Å². The molecule has 17 nitrogen and oxygen atoms in total. The number of aromatic nitrogens is 6. The van der Waals surface area contributed by atoms with Gasteiger partial charge in [-0.25, -0.2) is 19.9 Å². The number of rotatable bonds is 16. The molecule has 1 saturated heterocycles. The number of piperidine rings is 1. The molecule has 3 aromatic heterocycles. The Morgan fingerprint density at radius 3 is 1.81 bits per heavy atom. The maximum absolute atomic E-state index is 13.4. The van der Waals surface area contributed by atoms with Crippen LogP contribution in [0.3, 0.4) is 0 Å². The van der Waals surface area contributed by atoms with Crippen LogP contribution in [0.4, 0.5) is 11.6 Å². The lowest BCUT2D eigenvalue weighted by atomic mass is 9.99. The van der Waals surface area contributed by atoms with E-state index in [4.69, 9.17) is 32.5 Å². The van der Waals surface area contributed by atoms with E-state index < -0.39 is 5.91 Å². The first-order valence-electron chi connectivity index (χ1n) is 21.3. The van der Waals surface area contributed by atoms with Crippen LogP contribution in [0.25, 0.3) is 0 Å². The average molecular weight is 866 g/mol. The Morgan fingerprint density at radius 2 is 1.27 bits per heavy atom. The van der Waals surface area contributed by atoms with Crippen molar-refractivity contribution in [1.29, 1.82) is 0 Å². The van der Waals surface area contributed by atoms with Gasteiger partial charge in [0.2, 0.25) is 0 Å². The lowest BCUT2D eigenvalue weighted by molar-refractivity contribution is -0.933. The Bertz CT molecular complexity index is 2230. The number of nitrogens with two attached hydrogens (primary N) is 2. The van der Waals surface area contributed by atoms with Crippen molar-refractivity contribution in [1.82, 2.24) is 44.2 Å². The summed E-state index contributed by atoms with van der Waals surface area (Å²) in [6, 6.07) is 15.9. The molecule has 3 amide bonds. The molecule has 326 valence electrons. The number of benzene rings is 2. The number of hydrogen-bond donors (Lipinski definition) is 3. The molecule has 18 heteroatoms. The van der Waals surface area contributed by atoms with Gasteiger partial charge in [0.1, 0.15) is 23.1 Å². The van der Waals surface area contributed by atoms with Gasteiger partial charge in [-0.05, 0) is 61.1 Å². The minimum absolute atomic E-state index is 0.0192. The number of nitrogens with one attached hydrogen (secondary N) is 1. The number of anilines is 2. The molecule has 62 heavy (non-hydrogen) atoms. The van der Waals surface area contributed by atoms with E-state index in [-0.39, 0.29) is 53.6 Å². The molecule has 1 fully saturated rings. The van der Waals surface area contributed by atoms with Crippen LogP contribution < -0.4 is 26.3 Å². The number of quaternary nitrogens is 1. The van der Waals surface area contributed by atoms with Crippen molar-refractivity contribution < 1.29 is 28.3 Å². The Labute approximate surface area is 365 Å². The van der Waals surface area contributed by atoms with E-state index >= 15 is 0 Å². The maximum atomic E-state index is 13.4. The van der Waals surface area contributed by atoms with Crippen molar-refractivity contribution in [2.75, 3.05) is 63.9 Å². The largest absolute Gasteiger partial charge is 0.484 e. The second kappa shape index (κ2) is 19.2. The van der Waals surface area contributed by atoms with Crippen molar-refractivity contribution >= 4 is 41.0 Å². The summed E-state index contributed by atoms with van der Waals surface area (Å²) in [5.74, 6) is 2.49. The van der Waals surface area contributed by atoms with Gasteiger partial charge in [0.15, 0.2) is 35.7 Å². The molecule has 0 spiro atoms. The number of aryl methyl sites for hydroxylation is 2. The number of carbonyl (C=O) groups is 3. The van der Waals surface area contributed by atoms with Crippen LogP contribution in [0.5, 0.6) is 11.5 Å². The molecule has 0 saturated carbocycles. The van der Waals surface area contributed by atoms with E-state index in [1.807, 2.05) is 36.7 Å². The van der Waals surface area contributed by atoms with Gasteiger partial charge in [-0.2, -0.15) is 0 Å². The number of fused-ring (bicyclic) bond motifs is 2. The van der Waals surface area contributed by atoms with Gasteiger partial charge in [-0.3, -0.25) is 14.4 Å². The number of imidazole rings is 2. The fraction of sp³-hybridized carbons (Fsp3) is 0.432. The number of likely N-dealkylation sites (tertiary alicyclic amines) is 1. The quantitative estimate of drug-likeness (QED) is 0.123. The Morgan fingerprint density at radius 1 is 0.742 bits per heavy atom. The fourth-order valence-electron chi connectivity index (χ4n) is 8.81. The summed E-state index contributed by atoms with van der Waals surface area (Å²) in [6.07, 6.45) is 12.8. The van der Waals surface area contributed by atoms with Crippen LogP contribution >= 0.6 is 11.6 Å². The first kappa shape index (κ1) is 42.5. The van der Waals surface area contributed by atoms with Crippen molar-refractivity contribution in [2.45, 2.75) is 70.7 Å². The molecular formula is C44H54ClN12O5+. The van der Waals surface area contributed by atoms with E-state index in [0.29, 0.717) is 37.7 Å². The molecule has 1 atom stereocenters. The van der Waals surface area contributed by atoms with Gasteiger partial charge in [-0.1, -0.05) is 35.9 Å². The predicted octanol–water partition coefficient (Wildman–Crippen LogP) is 3.50. The molecule has 3 aliphatic heterocycles. The summed E-state index contributed by atoms with van der Waals surface area (Å²) in [7, 11) is 0. The third-order valence-corrected chi connectivity index (χ3v) is 12.5. The van der Waals surface area contributed by atoms with Crippen LogP contribution in [-0.4, -0.2) is 120 Å². The number of nitrogen functional groups attached to an aromatic ring is 2. The molecule has 0 unspecified atom stereocenters. The minimum atomic E-state index is -0.416. The van der Waals surface area contributed by atoms with Crippen molar-refractivity contribution in [2.24, 2.45) is 0 Å². The SMILES string of the molecule is Nc1nc(N)c(C(=O)N[C@H]2CCC[N+](CCCc3ccc(OCC(=O)N4CCn5ccnc5C4)cc3)(CCCc3ccc(OCC(=O)N4CCn5ccnc5C4)cc3)C2)nc1Cl. The zero-order valence-corrected chi connectivity index (χ0v) is 35.6. The van der Waals surface area contributed by atoms with Gasteiger partial charge in [-0.15, -0.1) is 0 Å². The molecule has 5 N–H and O–H groups in total. The summed E-state index contributed by atoms with van der Waals surface area (Å²) in [5, 5.41) is 3.11. The minimum Gasteiger partial charge on any atom is -0.484 e. The molecule has 0 aliphatic carbocycles. The first-order chi connectivity index (χ1) is 30.1. The van der Waals surface area contributed by atoms with Crippen LogP contribution in [-0.2, 0) is 48.6 Å². The van der Waals surface area contributed by atoms with E-state index in [9.17, 15) is 14.4 Å². The topological polar surface area (TPSA) is 202 Å². The van der Waals surface area contributed by atoms with Crippen LogP contribution in [0, 0.1) is 0 Å². The van der Waals surface area contributed by atoms with E-state index in [1.165, 1.54) is 11.1 Å². The monoisotopic (exact) mass is 865 g/mol. The van der Waals surface area contributed by atoms with Crippen LogP contribution in [0.1, 0.15) is 58.9 Å². The smallest absolute Gasteiger partial charge is 0.274 e. The summed E-state index contributed by atoms with van der Waals surface area (Å²) < 4.78 is 16.8. The summed E-state index contributed by atoms with van der Waals surface area (Å²) in [6.45, 7) is 7.32. The highest BCUT2D eigenvalue weighted by molar-refractivity contribution is 6.31. The molecule has 8 rings (SSSR count). The highest BCUT2D eigenvalue weighted by Crippen LogP contribution is 2.25. The second-order valence-electron chi connectivity index (χ2n) is 16.4. The number of carbonyl (C=O) groups excluding carboxylic acids is 3. The molecule has 3 aliphatic rings. The summed E-state index contributed by atoms with van der Waals surface area (Å²) in [4.78, 5) is 59.5. The number of nitrogens with zero attached hydrogens (tertiary/aromatic N) is 9. The zero-order valence-electron chi connectivity index (χ0n) is 34.8. The van der Waals surface area contributed by atoms with Gasteiger partial charge < -0.3 is 49.7 Å². The van der Waals surface area contributed by atoms with E-state index in [0.717, 1.165) is 93.9 Å². The summed E-state index contributed by atoms with van der Waals surface area (Å²) >= 11 is 6.10. The Balaban J connectivity index is 0.847. The third kappa shape index (κ3) is 10.5. The van der Waals surface area contributed by atoms with Crippen molar-refractivity contribution in [3.05, 3.63) is 107 Å². The lowest BCUT2D eigenvalue weighted by Crippen LogP contribution is -2.60. The third-order valence-electron chi connectivity index (χ3n) is 12.2. The molecule has 2 aromatic carbocycles. The summed E-state index contributed by atoms with van der Waals surface area (Å²) in [5.41, 5.74) is 14.1. The molecule has 6 heterocycles. The number of amides is 3. The fourth-order valence-corrected chi connectivity index (χ4v) is 8.94. The highest BCUT2D eigenvalue weighted by atomic mass is 35.5. The van der Waals surface area contributed by atoms with Gasteiger partial charge in [0.05, 0.1) is 45.3 Å². The number of hydrogen-bond acceptors (Lipinski definition) is 11. The van der Waals surface area contributed by atoms with Crippen molar-refractivity contribution in [3.63, 3.8) is 0 Å². The normalized spacial score (nSPS) is 16.9. The van der Waals surface area contributed by atoms with Gasteiger partial charge >= 0.3 is 0 Å². The lowest BCUT2D eigenvalue weighted by Gasteiger charge is -2.45. The zero-order chi connectivity index (χ0) is 43.1. The van der Waals surface area contributed by atoms with Crippen molar-refractivity contribution in [3.8, 4) is 11.5 Å². The Kier molecular flexibility index (Phi) is 13.2. The highest BCUT2D eigenvalue weighted by Gasteiger charge is 2.36. The predicted molar refractivity (Wildman–Crippen MR) is 232 cm³/mol. The Hall–Kier alpha value is -6.20. The maximum Gasteiger partial charge on any atom is 0.274 e. The average Bonchev–Trinajstić information content (AvgIpc) is 3.96. The molecule has 0 bridgehead atoms. The van der Waals surface area contributed by atoms with Crippen LogP contribution in [0.2, 0.25) is 5.15 Å². The number of ether oxygens (including phenoxy) is 2. The second-order valence-corrected chi connectivity index (χ2v) is 16.8. The number of halogens is 1. The molecule has 5 aromatic rings.